The standard InChI is InChI=1S/C32H51N3O3/c1-21(4-11-29(37)34-16-18-35(19-17-34)30(38)33-23-6-7-23)26-9-10-27-25-8-5-22-20-24(36)12-14-31(22,2)28(25)13-15-32(26,27)3/h5,21,23-28,36H,4,6-20H2,1-3H3,(H,33,38)/t21-,24+,25+,26-,27+,28+,31+,32-/m1/s1. The minimum atomic E-state index is -0.130. The van der Waals surface area contributed by atoms with E-state index in [-0.39, 0.29) is 18.0 Å². The van der Waals surface area contributed by atoms with Gasteiger partial charge in [0.05, 0.1) is 6.10 Å². The summed E-state index contributed by atoms with van der Waals surface area (Å²) in [5, 5.41) is 13.4. The van der Waals surface area contributed by atoms with Crippen molar-refractivity contribution in [1.82, 2.24) is 15.1 Å². The number of nitrogens with zero attached hydrogens (tertiary/aromatic N) is 2. The van der Waals surface area contributed by atoms with Crippen molar-refractivity contribution in [3.8, 4) is 0 Å². The molecule has 4 saturated carbocycles. The largest absolute Gasteiger partial charge is 0.393 e. The quantitative estimate of drug-likeness (QED) is 0.475. The summed E-state index contributed by atoms with van der Waals surface area (Å²) in [6, 6.07) is 0.430. The van der Waals surface area contributed by atoms with E-state index in [1.54, 1.807) is 5.57 Å². The summed E-state index contributed by atoms with van der Waals surface area (Å²) in [7, 11) is 0. The Bertz CT molecular complexity index is 954. The molecule has 0 aromatic rings. The van der Waals surface area contributed by atoms with E-state index in [1.807, 2.05) is 9.80 Å². The van der Waals surface area contributed by atoms with Crippen LogP contribution in [0, 0.1) is 40.4 Å². The molecule has 0 aromatic heterocycles. The number of hydrogen-bond acceptors (Lipinski definition) is 3. The molecule has 212 valence electrons. The smallest absolute Gasteiger partial charge is 0.317 e. The number of rotatable bonds is 5. The van der Waals surface area contributed by atoms with Crippen LogP contribution in [0.4, 0.5) is 4.79 Å². The summed E-state index contributed by atoms with van der Waals surface area (Å²) >= 11 is 0. The molecule has 1 saturated heterocycles. The Morgan fingerprint density at radius 3 is 2.47 bits per heavy atom. The molecule has 1 aliphatic heterocycles. The molecule has 38 heavy (non-hydrogen) atoms. The molecule has 5 aliphatic carbocycles. The molecule has 6 nitrogen and oxygen atoms in total. The van der Waals surface area contributed by atoms with Gasteiger partial charge in [0.15, 0.2) is 0 Å². The van der Waals surface area contributed by atoms with Crippen LogP contribution in [0.25, 0.3) is 0 Å². The summed E-state index contributed by atoms with van der Waals surface area (Å²) in [5.41, 5.74) is 2.27. The molecule has 6 aliphatic rings. The first-order valence-corrected chi connectivity index (χ1v) is 15.9. The van der Waals surface area contributed by atoms with E-state index in [9.17, 15) is 14.7 Å². The van der Waals surface area contributed by atoms with Gasteiger partial charge in [0, 0.05) is 38.6 Å². The topological polar surface area (TPSA) is 72.9 Å². The van der Waals surface area contributed by atoms with Gasteiger partial charge in [-0.1, -0.05) is 32.4 Å². The van der Waals surface area contributed by atoms with Gasteiger partial charge in [-0.05, 0) is 111 Å². The number of urea groups is 1. The Kier molecular flexibility index (Phi) is 7.10. The summed E-state index contributed by atoms with van der Waals surface area (Å²) in [5.74, 6) is 3.96. The minimum Gasteiger partial charge on any atom is -0.393 e. The summed E-state index contributed by atoms with van der Waals surface area (Å²) in [4.78, 5) is 29.3. The third-order valence-corrected chi connectivity index (χ3v) is 12.5. The van der Waals surface area contributed by atoms with Crippen molar-refractivity contribution in [3.05, 3.63) is 11.6 Å². The van der Waals surface area contributed by atoms with Crippen molar-refractivity contribution in [2.24, 2.45) is 40.4 Å². The lowest BCUT2D eigenvalue weighted by atomic mass is 9.47. The molecular formula is C32H51N3O3. The van der Waals surface area contributed by atoms with Crippen LogP contribution in [0.1, 0.15) is 97.8 Å². The summed E-state index contributed by atoms with van der Waals surface area (Å²) in [6.07, 6.45) is 15.8. The number of nitrogens with one attached hydrogen (secondary N) is 1. The third-order valence-electron chi connectivity index (χ3n) is 12.5. The number of piperazine rings is 1. The molecule has 3 amide bonds. The Balaban J connectivity index is 1.02. The molecular weight excluding hydrogens is 474 g/mol. The van der Waals surface area contributed by atoms with Crippen LogP contribution >= 0.6 is 0 Å². The van der Waals surface area contributed by atoms with Crippen LogP contribution in [0.2, 0.25) is 0 Å². The fourth-order valence-electron chi connectivity index (χ4n) is 9.98. The molecule has 6 heteroatoms. The van der Waals surface area contributed by atoms with Gasteiger partial charge in [0.1, 0.15) is 0 Å². The molecule has 8 atom stereocenters. The molecule has 0 unspecified atom stereocenters. The molecule has 5 fully saturated rings. The number of carbonyl (C=O) groups is 2. The van der Waals surface area contributed by atoms with E-state index in [4.69, 9.17) is 0 Å². The summed E-state index contributed by atoms with van der Waals surface area (Å²) < 4.78 is 0. The first-order valence-electron chi connectivity index (χ1n) is 15.9. The number of aliphatic hydroxyl groups is 1. The summed E-state index contributed by atoms with van der Waals surface area (Å²) in [6.45, 7) is 10.2. The maximum atomic E-state index is 13.1. The van der Waals surface area contributed by atoms with Crippen molar-refractivity contribution < 1.29 is 14.7 Å². The molecule has 1 heterocycles. The Morgan fingerprint density at radius 1 is 1.00 bits per heavy atom. The molecule has 6 rings (SSSR count). The van der Waals surface area contributed by atoms with Crippen molar-refractivity contribution >= 4 is 11.9 Å². The maximum absolute atomic E-state index is 13.1. The number of hydrogen-bond donors (Lipinski definition) is 2. The second-order valence-corrected chi connectivity index (χ2v) is 14.5. The van der Waals surface area contributed by atoms with Crippen LogP contribution in [-0.4, -0.2) is 65.2 Å². The number of aliphatic hydroxyl groups excluding tert-OH is 1. The lowest BCUT2D eigenvalue weighted by Crippen LogP contribution is -2.53. The highest BCUT2D eigenvalue weighted by Crippen LogP contribution is 2.67. The van der Waals surface area contributed by atoms with Crippen LogP contribution in [0.15, 0.2) is 11.6 Å². The Morgan fingerprint density at radius 2 is 1.74 bits per heavy atom. The fraction of sp³-hybridized carbons (Fsp3) is 0.875. The van der Waals surface area contributed by atoms with Crippen LogP contribution in [0.3, 0.4) is 0 Å². The van der Waals surface area contributed by atoms with Gasteiger partial charge >= 0.3 is 6.03 Å². The van der Waals surface area contributed by atoms with E-state index in [0.717, 1.165) is 62.2 Å². The zero-order valence-corrected chi connectivity index (χ0v) is 24.1. The van der Waals surface area contributed by atoms with Crippen molar-refractivity contribution in [2.75, 3.05) is 26.2 Å². The predicted octanol–water partition coefficient (Wildman–Crippen LogP) is 5.36. The van der Waals surface area contributed by atoms with E-state index in [2.05, 4.69) is 32.2 Å². The SMILES string of the molecule is C[C@H](CCC(=O)N1CCN(C(=O)NC2CC2)CC1)[C@H]1CC[C@H]2[C@@H]3CC=C4C[C@@H](O)CC[C@]4(C)[C@H]3CC[C@]12C. The second kappa shape index (κ2) is 10.1. The van der Waals surface area contributed by atoms with Gasteiger partial charge in [0.25, 0.3) is 0 Å². The van der Waals surface area contributed by atoms with Crippen LogP contribution in [-0.2, 0) is 4.79 Å². The minimum absolute atomic E-state index is 0.0479. The molecule has 2 N–H and O–H groups in total. The van der Waals surface area contributed by atoms with Gasteiger partial charge in [0.2, 0.25) is 5.91 Å². The average Bonchev–Trinajstić information content (AvgIpc) is 3.65. The fourth-order valence-corrected chi connectivity index (χ4v) is 9.98. The van der Waals surface area contributed by atoms with Crippen molar-refractivity contribution in [3.63, 3.8) is 0 Å². The van der Waals surface area contributed by atoms with Crippen LogP contribution < -0.4 is 5.32 Å². The van der Waals surface area contributed by atoms with E-state index in [0.29, 0.717) is 55.4 Å². The predicted molar refractivity (Wildman–Crippen MR) is 149 cm³/mol. The highest BCUT2D eigenvalue weighted by molar-refractivity contribution is 5.78. The monoisotopic (exact) mass is 525 g/mol. The number of allylic oxidation sites excluding steroid dienone is 1. The van der Waals surface area contributed by atoms with E-state index >= 15 is 0 Å². The van der Waals surface area contributed by atoms with Gasteiger partial charge in [-0.25, -0.2) is 4.79 Å². The maximum Gasteiger partial charge on any atom is 0.317 e. The normalized spacial score (nSPS) is 41.5. The first-order chi connectivity index (χ1) is 18.2. The number of amides is 3. The highest BCUT2D eigenvalue weighted by Gasteiger charge is 2.59. The van der Waals surface area contributed by atoms with Gasteiger partial charge < -0.3 is 20.2 Å². The van der Waals surface area contributed by atoms with E-state index in [1.165, 1.54) is 32.1 Å². The molecule has 0 spiro atoms. The van der Waals surface area contributed by atoms with E-state index < -0.39 is 0 Å². The Labute approximate surface area is 230 Å². The number of carbonyl (C=O) groups excluding carboxylic acids is 2. The lowest BCUT2D eigenvalue weighted by Gasteiger charge is -2.58. The Hall–Kier alpha value is -1.56. The first kappa shape index (κ1) is 26.7. The third kappa shape index (κ3) is 4.71. The molecule has 0 aromatic carbocycles. The zero-order valence-electron chi connectivity index (χ0n) is 24.1. The van der Waals surface area contributed by atoms with Crippen molar-refractivity contribution in [2.45, 2.75) is 110 Å². The number of fused-ring (bicyclic) bond motifs is 5. The van der Waals surface area contributed by atoms with Crippen LogP contribution in [0.5, 0.6) is 0 Å². The molecule has 0 radical (unpaired) electrons. The second-order valence-electron chi connectivity index (χ2n) is 14.5. The zero-order chi connectivity index (χ0) is 26.7. The van der Waals surface area contributed by atoms with Gasteiger partial charge in [-0.3, -0.25) is 4.79 Å². The van der Waals surface area contributed by atoms with Gasteiger partial charge in [-0.2, -0.15) is 0 Å². The van der Waals surface area contributed by atoms with Crippen molar-refractivity contribution in [1.29, 1.82) is 0 Å². The lowest BCUT2D eigenvalue weighted by molar-refractivity contribution is -0.133. The molecule has 0 bridgehead atoms. The van der Waals surface area contributed by atoms with Gasteiger partial charge in [-0.15, -0.1) is 0 Å². The average molecular weight is 526 g/mol. The highest BCUT2D eigenvalue weighted by atomic mass is 16.3.